The fraction of sp³-hybridized carbons (Fsp3) is 0.417. The lowest BCUT2D eigenvalue weighted by Gasteiger charge is -2.30. The first kappa shape index (κ1) is 24.6. The number of benzene rings is 2. The lowest BCUT2D eigenvalue weighted by Crippen LogP contribution is -2.39. The molecule has 1 aliphatic heterocycles. The van der Waals surface area contributed by atoms with E-state index in [0.717, 1.165) is 22.9 Å². The summed E-state index contributed by atoms with van der Waals surface area (Å²) in [5, 5.41) is 6.11. The fourth-order valence-corrected chi connectivity index (χ4v) is 4.01. The number of carbonyl (C=O) groups excluding carboxylic acids is 2. The molecule has 6 nitrogen and oxygen atoms in total. The molecule has 0 saturated carbocycles. The highest BCUT2D eigenvalue weighted by atomic mass is 19.4. The predicted octanol–water partition coefficient (Wildman–Crippen LogP) is 3.27. The smallest absolute Gasteiger partial charge is 0.376 e. The zero-order chi connectivity index (χ0) is 24.0. The number of carbonyl (C=O) groups is 2. The average Bonchev–Trinajstić information content (AvgIpc) is 2.79. The molecule has 0 radical (unpaired) electrons. The van der Waals surface area contributed by atoms with E-state index in [9.17, 15) is 22.8 Å². The number of fused-ring (bicyclic) bond motifs is 1. The summed E-state index contributed by atoms with van der Waals surface area (Å²) >= 11 is 0. The normalized spacial score (nSPS) is 13.4. The predicted molar refractivity (Wildman–Crippen MR) is 121 cm³/mol. The molecular weight excluding hydrogens is 433 g/mol. The van der Waals surface area contributed by atoms with E-state index >= 15 is 0 Å². The quantitative estimate of drug-likeness (QED) is 0.632. The molecule has 0 fully saturated rings. The Hall–Kier alpha value is -3.07. The van der Waals surface area contributed by atoms with Crippen molar-refractivity contribution >= 4 is 17.5 Å². The van der Waals surface area contributed by atoms with E-state index in [4.69, 9.17) is 0 Å². The SMILES string of the molecule is CNCCN(Cc1ccccc1C(F)(F)F)C(=O)CNc1cccc2c1CCN(C(C)=O)C2. The molecule has 2 amide bonds. The van der Waals surface area contributed by atoms with Crippen molar-refractivity contribution in [2.24, 2.45) is 0 Å². The molecule has 178 valence electrons. The number of nitrogens with one attached hydrogen (secondary N) is 2. The third-order valence-electron chi connectivity index (χ3n) is 5.81. The second kappa shape index (κ2) is 10.7. The Morgan fingerprint density at radius 3 is 2.58 bits per heavy atom. The maximum absolute atomic E-state index is 13.4. The minimum Gasteiger partial charge on any atom is -0.376 e. The van der Waals surface area contributed by atoms with Gasteiger partial charge in [-0.05, 0) is 42.3 Å². The highest BCUT2D eigenvalue weighted by Crippen LogP contribution is 2.32. The van der Waals surface area contributed by atoms with Gasteiger partial charge >= 0.3 is 6.18 Å². The largest absolute Gasteiger partial charge is 0.416 e. The number of rotatable bonds is 8. The summed E-state index contributed by atoms with van der Waals surface area (Å²) in [6.45, 7) is 3.25. The van der Waals surface area contributed by atoms with Crippen molar-refractivity contribution in [1.29, 1.82) is 0 Å². The second-order valence-electron chi connectivity index (χ2n) is 8.06. The van der Waals surface area contributed by atoms with Gasteiger partial charge in [-0.3, -0.25) is 9.59 Å². The zero-order valence-corrected chi connectivity index (χ0v) is 18.8. The number of likely N-dealkylation sites (N-methyl/N-ethyl adjacent to an activating group) is 1. The maximum atomic E-state index is 13.4. The number of hydrogen-bond acceptors (Lipinski definition) is 4. The van der Waals surface area contributed by atoms with Gasteiger partial charge in [0.05, 0.1) is 12.1 Å². The first-order valence-electron chi connectivity index (χ1n) is 10.9. The van der Waals surface area contributed by atoms with Gasteiger partial charge < -0.3 is 20.4 Å². The molecule has 3 rings (SSSR count). The summed E-state index contributed by atoms with van der Waals surface area (Å²) in [6.07, 6.45) is -3.81. The summed E-state index contributed by atoms with van der Waals surface area (Å²) in [5.41, 5.74) is 2.24. The van der Waals surface area contributed by atoms with Crippen molar-refractivity contribution in [3.63, 3.8) is 0 Å². The second-order valence-corrected chi connectivity index (χ2v) is 8.06. The highest BCUT2D eigenvalue weighted by Gasteiger charge is 2.33. The Kier molecular flexibility index (Phi) is 7.97. The van der Waals surface area contributed by atoms with Crippen LogP contribution in [0.25, 0.3) is 0 Å². The van der Waals surface area contributed by atoms with Gasteiger partial charge in [0.1, 0.15) is 0 Å². The van der Waals surface area contributed by atoms with Crippen molar-refractivity contribution in [2.45, 2.75) is 32.6 Å². The third kappa shape index (κ3) is 6.25. The number of halogens is 3. The van der Waals surface area contributed by atoms with Gasteiger partial charge in [-0.15, -0.1) is 0 Å². The van der Waals surface area contributed by atoms with Crippen LogP contribution in [0.15, 0.2) is 42.5 Å². The number of amides is 2. The summed E-state index contributed by atoms with van der Waals surface area (Å²) in [7, 11) is 1.73. The number of nitrogens with zero attached hydrogens (tertiary/aromatic N) is 2. The molecule has 9 heteroatoms. The first-order valence-corrected chi connectivity index (χ1v) is 10.9. The molecule has 0 spiro atoms. The molecule has 2 aromatic rings. The molecular formula is C24H29F3N4O2. The molecule has 0 aliphatic carbocycles. The number of alkyl halides is 3. The molecule has 0 saturated heterocycles. The van der Waals surface area contributed by atoms with E-state index in [1.807, 2.05) is 18.2 Å². The van der Waals surface area contributed by atoms with E-state index in [0.29, 0.717) is 26.1 Å². The van der Waals surface area contributed by atoms with Crippen LogP contribution < -0.4 is 10.6 Å². The summed E-state index contributed by atoms with van der Waals surface area (Å²) in [6, 6.07) is 11.0. The van der Waals surface area contributed by atoms with Crippen LogP contribution in [-0.2, 0) is 35.3 Å². The van der Waals surface area contributed by atoms with Crippen LogP contribution in [0.2, 0.25) is 0 Å². The van der Waals surface area contributed by atoms with Crippen molar-refractivity contribution in [1.82, 2.24) is 15.1 Å². The topological polar surface area (TPSA) is 64.7 Å². The van der Waals surface area contributed by atoms with Crippen LogP contribution in [0.1, 0.15) is 29.2 Å². The van der Waals surface area contributed by atoms with Crippen molar-refractivity contribution in [3.8, 4) is 0 Å². The number of hydrogen-bond donors (Lipinski definition) is 2. The van der Waals surface area contributed by atoms with Crippen molar-refractivity contribution in [2.75, 3.05) is 38.5 Å². The summed E-state index contributed by atoms with van der Waals surface area (Å²) in [5.74, 6) is -0.269. The van der Waals surface area contributed by atoms with Crippen LogP contribution in [0.5, 0.6) is 0 Å². The van der Waals surface area contributed by atoms with Gasteiger partial charge in [-0.1, -0.05) is 30.3 Å². The van der Waals surface area contributed by atoms with E-state index < -0.39 is 11.7 Å². The van der Waals surface area contributed by atoms with Crippen LogP contribution in [0, 0.1) is 0 Å². The van der Waals surface area contributed by atoms with E-state index in [2.05, 4.69) is 10.6 Å². The van der Waals surface area contributed by atoms with Gasteiger partial charge in [0, 0.05) is 45.3 Å². The van der Waals surface area contributed by atoms with Gasteiger partial charge in [0.2, 0.25) is 11.8 Å². The minimum atomic E-state index is -4.48. The Bertz CT molecular complexity index is 994. The molecule has 1 heterocycles. The molecule has 2 N–H and O–H groups in total. The Labute approximate surface area is 191 Å². The van der Waals surface area contributed by atoms with E-state index in [1.54, 1.807) is 24.9 Å². The lowest BCUT2D eigenvalue weighted by molar-refractivity contribution is -0.139. The molecule has 2 aromatic carbocycles. The number of anilines is 1. The molecule has 33 heavy (non-hydrogen) atoms. The highest BCUT2D eigenvalue weighted by molar-refractivity contribution is 5.81. The molecule has 0 unspecified atom stereocenters. The Morgan fingerprint density at radius 2 is 1.88 bits per heavy atom. The molecule has 0 aromatic heterocycles. The van der Waals surface area contributed by atoms with Crippen LogP contribution in [-0.4, -0.2) is 54.8 Å². The Balaban J connectivity index is 1.72. The summed E-state index contributed by atoms with van der Waals surface area (Å²) < 4.78 is 40.2. The van der Waals surface area contributed by atoms with Crippen LogP contribution in [0.3, 0.4) is 0 Å². The Morgan fingerprint density at radius 1 is 1.12 bits per heavy atom. The third-order valence-corrected chi connectivity index (χ3v) is 5.81. The van der Waals surface area contributed by atoms with Gasteiger partial charge in [0.15, 0.2) is 0 Å². The molecule has 1 aliphatic rings. The van der Waals surface area contributed by atoms with E-state index in [1.165, 1.54) is 17.0 Å². The zero-order valence-electron chi connectivity index (χ0n) is 18.8. The van der Waals surface area contributed by atoms with Crippen molar-refractivity contribution < 1.29 is 22.8 Å². The van der Waals surface area contributed by atoms with Gasteiger partial charge in [-0.25, -0.2) is 0 Å². The van der Waals surface area contributed by atoms with Gasteiger partial charge in [-0.2, -0.15) is 13.2 Å². The lowest BCUT2D eigenvalue weighted by atomic mass is 9.97. The van der Waals surface area contributed by atoms with Crippen LogP contribution in [0.4, 0.5) is 18.9 Å². The minimum absolute atomic E-state index is 0.0218. The monoisotopic (exact) mass is 462 g/mol. The van der Waals surface area contributed by atoms with Gasteiger partial charge in [0.25, 0.3) is 0 Å². The maximum Gasteiger partial charge on any atom is 0.416 e. The molecule has 0 bridgehead atoms. The van der Waals surface area contributed by atoms with E-state index in [-0.39, 0.29) is 37.0 Å². The first-order chi connectivity index (χ1) is 15.7. The van der Waals surface area contributed by atoms with Crippen LogP contribution >= 0.6 is 0 Å². The summed E-state index contributed by atoms with van der Waals surface area (Å²) in [4.78, 5) is 27.9. The fourth-order valence-electron chi connectivity index (χ4n) is 4.01. The molecule has 0 atom stereocenters. The average molecular weight is 463 g/mol. The standard InChI is InChI=1S/C24H29F3N4O2/c1-17(32)30-12-10-20-18(15-30)7-5-9-22(20)29-14-23(33)31(13-11-28-2)16-19-6-3-4-8-21(19)24(25,26)27/h3-9,28-29H,10-16H2,1-2H3. The van der Waals surface area contributed by atoms with Crippen molar-refractivity contribution in [3.05, 3.63) is 64.7 Å².